The number of rotatable bonds is 4. The van der Waals surface area contributed by atoms with Crippen LogP contribution in [0.4, 0.5) is 4.39 Å². The average molecular weight is 522 g/mol. The summed E-state index contributed by atoms with van der Waals surface area (Å²) in [5.41, 5.74) is 2.23. The SMILES string of the molecule is COc1ccc(F)cc1-c1ccnc2c1c(C)c(I)n2S(=O)(=O)c1ccccc1. The van der Waals surface area contributed by atoms with Crippen LogP contribution in [0.25, 0.3) is 22.2 Å². The van der Waals surface area contributed by atoms with Crippen LogP contribution in [0.5, 0.6) is 5.75 Å². The molecule has 0 N–H and O–H groups in total. The number of hydrogen-bond acceptors (Lipinski definition) is 4. The number of nitrogens with zero attached hydrogens (tertiary/aromatic N) is 2. The van der Waals surface area contributed by atoms with E-state index in [4.69, 9.17) is 4.74 Å². The molecule has 0 fully saturated rings. The van der Waals surface area contributed by atoms with Crippen LogP contribution >= 0.6 is 22.6 Å². The minimum atomic E-state index is -3.86. The fraction of sp³-hybridized carbons (Fsp3) is 0.0952. The molecule has 0 bridgehead atoms. The maximum atomic E-state index is 14.0. The third kappa shape index (κ3) is 3.20. The van der Waals surface area contributed by atoms with Crippen LogP contribution < -0.4 is 4.74 Å². The second-order valence-electron chi connectivity index (χ2n) is 6.40. The van der Waals surface area contributed by atoms with Gasteiger partial charge in [0.1, 0.15) is 15.3 Å². The molecule has 4 aromatic rings. The Kier molecular flexibility index (Phi) is 5.07. The molecule has 0 unspecified atom stereocenters. The van der Waals surface area contributed by atoms with Gasteiger partial charge in [-0.2, -0.15) is 0 Å². The Morgan fingerprint density at radius 2 is 1.79 bits per heavy atom. The van der Waals surface area contributed by atoms with E-state index in [0.717, 1.165) is 5.56 Å². The Balaban J connectivity index is 2.07. The Hall–Kier alpha value is -2.46. The topological polar surface area (TPSA) is 61.2 Å². The van der Waals surface area contributed by atoms with Crippen molar-refractivity contribution < 1.29 is 17.5 Å². The van der Waals surface area contributed by atoms with Crippen LogP contribution in [-0.2, 0) is 10.0 Å². The molecule has 29 heavy (non-hydrogen) atoms. The molecule has 2 aromatic heterocycles. The van der Waals surface area contributed by atoms with Gasteiger partial charge in [0.2, 0.25) is 0 Å². The summed E-state index contributed by atoms with van der Waals surface area (Å²) >= 11 is 2.01. The van der Waals surface area contributed by atoms with Gasteiger partial charge in [-0.3, -0.25) is 0 Å². The summed E-state index contributed by atoms with van der Waals surface area (Å²) < 4.78 is 47.8. The van der Waals surface area contributed by atoms with Gasteiger partial charge in [0, 0.05) is 17.1 Å². The smallest absolute Gasteiger partial charge is 0.270 e. The first-order valence-electron chi connectivity index (χ1n) is 8.66. The van der Waals surface area contributed by atoms with Gasteiger partial charge in [-0.15, -0.1) is 0 Å². The van der Waals surface area contributed by atoms with Gasteiger partial charge in [0.25, 0.3) is 10.0 Å². The van der Waals surface area contributed by atoms with Crippen molar-refractivity contribution in [2.45, 2.75) is 11.8 Å². The minimum Gasteiger partial charge on any atom is -0.496 e. The first kappa shape index (κ1) is 19.8. The van der Waals surface area contributed by atoms with Crippen molar-refractivity contribution in [1.82, 2.24) is 8.96 Å². The molecular formula is C21H16FIN2O3S. The fourth-order valence-corrected chi connectivity index (χ4v) is 6.06. The van der Waals surface area contributed by atoms with E-state index in [0.29, 0.717) is 31.6 Å². The molecule has 0 amide bonds. The van der Waals surface area contributed by atoms with Crippen LogP contribution in [0.1, 0.15) is 5.56 Å². The number of methoxy groups -OCH3 is 1. The summed E-state index contributed by atoms with van der Waals surface area (Å²) in [5, 5.41) is 0.639. The first-order chi connectivity index (χ1) is 13.9. The quantitative estimate of drug-likeness (QED) is 0.354. The summed E-state index contributed by atoms with van der Waals surface area (Å²) in [7, 11) is -2.35. The maximum Gasteiger partial charge on any atom is 0.270 e. The predicted octanol–water partition coefficient (Wildman–Crippen LogP) is 5.00. The van der Waals surface area contributed by atoms with Gasteiger partial charge < -0.3 is 4.74 Å². The maximum absolute atomic E-state index is 14.0. The summed E-state index contributed by atoms with van der Waals surface area (Å²) in [5.74, 6) is 0.0847. The highest BCUT2D eigenvalue weighted by Gasteiger charge is 2.27. The molecule has 4 rings (SSSR count). The molecular weight excluding hydrogens is 506 g/mol. The minimum absolute atomic E-state index is 0.172. The Labute approximate surface area is 181 Å². The van der Waals surface area contributed by atoms with E-state index in [-0.39, 0.29) is 4.90 Å². The molecule has 0 aliphatic heterocycles. The van der Waals surface area contributed by atoms with Crippen LogP contribution in [-0.4, -0.2) is 24.5 Å². The lowest BCUT2D eigenvalue weighted by molar-refractivity contribution is 0.415. The van der Waals surface area contributed by atoms with E-state index < -0.39 is 15.8 Å². The molecule has 2 aromatic carbocycles. The predicted molar refractivity (Wildman–Crippen MR) is 118 cm³/mol. The van der Waals surface area contributed by atoms with E-state index in [2.05, 4.69) is 4.98 Å². The Morgan fingerprint density at radius 3 is 2.48 bits per heavy atom. The fourth-order valence-electron chi connectivity index (χ4n) is 3.36. The number of ether oxygens (including phenoxy) is 1. The van der Waals surface area contributed by atoms with Crippen LogP contribution in [0.3, 0.4) is 0 Å². The third-order valence-electron chi connectivity index (χ3n) is 4.72. The van der Waals surface area contributed by atoms with Gasteiger partial charge in [0.05, 0.1) is 12.0 Å². The van der Waals surface area contributed by atoms with Crippen LogP contribution in [0, 0.1) is 16.4 Å². The standard InChI is InChI=1S/C21H16FIN2O3S/c1-13-19-16(17-12-14(22)8-9-18(17)28-2)10-11-24-21(19)25(20(13)23)29(26,27)15-6-4-3-5-7-15/h3-12H,1-2H3. The van der Waals surface area contributed by atoms with Crippen molar-refractivity contribution in [2.24, 2.45) is 0 Å². The molecule has 0 aliphatic rings. The zero-order chi connectivity index (χ0) is 20.8. The van der Waals surface area contributed by atoms with Crippen molar-refractivity contribution in [3.63, 3.8) is 0 Å². The molecule has 8 heteroatoms. The number of pyridine rings is 1. The van der Waals surface area contributed by atoms with Crippen LogP contribution in [0.15, 0.2) is 65.7 Å². The van der Waals surface area contributed by atoms with Crippen molar-refractivity contribution >= 4 is 43.6 Å². The molecule has 2 heterocycles. The lowest BCUT2D eigenvalue weighted by Crippen LogP contribution is -2.15. The number of hydrogen-bond donors (Lipinski definition) is 0. The molecule has 0 spiro atoms. The van der Waals surface area contributed by atoms with Gasteiger partial charge in [-0.1, -0.05) is 18.2 Å². The number of aryl methyl sites for hydroxylation is 1. The van der Waals surface area contributed by atoms with E-state index in [1.807, 2.05) is 29.5 Å². The second-order valence-corrected chi connectivity index (χ2v) is 9.21. The number of benzene rings is 2. The molecule has 5 nitrogen and oxygen atoms in total. The van der Waals surface area contributed by atoms with E-state index >= 15 is 0 Å². The highest BCUT2D eigenvalue weighted by molar-refractivity contribution is 14.1. The van der Waals surface area contributed by atoms with Crippen molar-refractivity contribution in [3.05, 3.63) is 75.9 Å². The largest absolute Gasteiger partial charge is 0.496 e. The lowest BCUT2D eigenvalue weighted by atomic mass is 10.0. The first-order valence-corrected chi connectivity index (χ1v) is 11.2. The molecule has 0 saturated heterocycles. The highest BCUT2D eigenvalue weighted by Crippen LogP contribution is 2.39. The summed E-state index contributed by atoms with van der Waals surface area (Å²) in [4.78, 5) is 4.53. The number of aromatic nitrogens is 2. The number of fused-ring (bicyclic) bond motifs is 1. The third-order valence-corrected chi connectivity index (χ3v) is 8.04. The normalized spacial score (nSPS) is 11.7. The zero-order valence-electron chi connectivity index (χ0n) is 15.6. The van der Waals surface area contributed by atoms with Gasteiger partial charge in [-0.25, -0.2) is 21.8 Å². The molecule has 0 atom stereocenters. The molecule has 0 radical (unpaired) electrons. The summed E-state index contributed by atoms with van der Waals surface area (Å²) in [6.07, 6.45) is 1.52. The van der Waals surface area contributed by atoms with Crippen molar-refractivity contribution in [1.29, 1.82) is 0 Å². The van der Waals surface area contributed by atoms with Gasteiger partial charge in [-0.05, 0) is 77.0 Å². The Morgan fingerprint density at radius 1 is 1.07 bits per heavy atom. The number of halogens is 2. The second kappa shape index (κ2) is 7.42. The monoisotopic (exact) mass is 522 g/mol. The van der Waals surface area contributed by atoms with Gasteiger partial charge in [0.15, 0.2) is 5.65 Å². The molecule has 0 saturated carbocycles. The van der Waals surface area contributed by atoms with Crippen LogP contribution in [0.2, 0.25) is 0 Å². The molecule has 0 aliphatic carbocycles. The summed E-state index contributed by atoms with van der Waals surface area (Å²) in [6.45, 7) is 1.83. The Bertz CT molecular complexity index is 1340. The van der Waals surface area contributed by atoms with E-state index in [1.54, 1.807) is 42.5 Å². The average Bonchev–Trinajstić information content (AvgIpc) is 2.99. The van der Waals surface area contributed by atoms with Gasteiger partial charge >= 0.3 is 0 Å². The highest BCUT2D eigenvalue weighted by atomic mass is 127. The van der Waals surface area contributed by atoms with Crippen molar-refractivity contribution in [2.75, 3.05) is 7.11 Å². The lowest BCUT2D eigenvalue weighted by Gasteiger charge is -2.11. The van der Waals surface area contributed by atoms with Crippen molar-refractivity contribution in [3.8, 4) is 16.9 Å². The molecule has 148 valence electrons. The van der Waals surface area contributed by atoms with E-state index in [9.17, 15) is 12.8 Å². The van der Waals surface area contributed by atoms with E-state index in [1.165, 1.54) is 29.4 Å². The summed E-state index contributed by atoms with van der Waals surface area (Å²) in [6, 6.07) is 14.2. The zero-order valence-corrected chi connectivity index (χ0v) is 18.5.